The number of benzene rings is 2. The Bertz CT molecular complexity index is 1860. The van der Waals surface area contributed by atoms with Gasteiger partial charge in [-0.05, 0) is 94.5 Å². The average Bonchev–Trinajstić information content (AvgIpc) is 3.11. The fraction of sp³-hybridized carbons (Fsp3) is 0.150. The van der Waals surface area contributed by atoms with Crippen LogP contribution in [0.5, 0.6) is 0 Å². The van der Waals surface area contributed by atoms with E-state index in [0.29, 0.717) is 13.1 Å². The third-order valence-electron chi connectivity index (χ3n) is 9.47. The van der Waals surface area contributed by atoms with Gasteiger partial charge in [0.1, 0.15) is 0 Å². The minimum absolute atomic E-state index is 0.212. The summed E-state index contributed by atoms with van der Waals surface area (Å²) >= 11 is 0. The van der Waals surface area contributed by atoms with E-state index in [1.807, 2.05) is 49.1 Å². The van der Waals surface area contributed by atoms with E-state index in [9.17, 15) is 19.8 Å². The van der Waals surface area contributed by atoms with E-state index in [2.05, 4.69) is 92.4 Å². The third-order valence-corrected chi connectivity index (χ3v) is 9.47. The molecule has 0 spiro atoms. The number of carbonyl (C=O) groups is 2. The van der Waals surface area contributed by atoms with Crippen LogP contribution in [0.3, 0.4) is 0 Å². The largest absolute Gasteiger partial charge is 0.478 e. The molecule has 0 bridgehead atoms. The number of hydrogen-bond donors (Lipinski definition) is 2. The zero-order chi connectivity index (χ0) is 33.0. The van der Waals surface area contributed by atoms with Crippen molar-refractivity contribution in [2.75, 3.05) is 0 Å². The summed E-state index contributed by atoms with van der Waals surface area (Å²) in [5, 5.41) is 18.5. The Morgan fingerprint density at radius 3 is 1.04 bits per heavy atom. The van der Waals surface area contributed by atoms with Gasteiger partial charge in [-0.15, -0.1) is 0 Å². The minimum Gasteiger partial charge on any atom is -0.478 e. The van der Waals surface area contributed by atoms with Gasteiger partial charge in [-0.2, -0.15) is 0 Å². The molecule has 0 saturated heterocycles. The molecule has 0 amide bonds. The molecule has 236 valence electrons. The van der Waals surface area contributed by atoms with Crippen molar-refractivity contribution in [1.29, 1.82) is 0 Å². The first kappa shape index (κ1) is 30.6. The summed E-state index contributed by atoms with van der Waals surface area (Å²) in [5.41, 5.74) is 7.62. The molecule has 48 heavy (non-hydrogen) atoms. The number of hydrogen-bond acceptors (Lipinski definition) is 4. The maximum atomic E-state index is 11.3. The number of pyridine rings is 4. The third kappa shape index (κ3) is 6.33. The number of rotatable bonds is 10. The van der Waals surface area contributed by atoms with Gasteiger partial charge in [0, 0.05) is 60.2 Å². The van der Waals surface area contributed by atoms with Crippen molar-refractivity contribution in [3.63, 3.8) is 0 Å². The molecule has 1 fully saturated rings. The summed E-state index contributed by atoms with van der Waals surface area (Å²) < 4.78 is 4.23. The van der Waals surface area contributed by atoms with Crippen molar-refractivity contribution in [3.05, 3.63) is 191 Å². The topological polar surface area (TPSA) is 108 Å². The quantitative estimate of drug-likeness (QED) is 0.179. The van der Waals surface area contributed by atoms with Gasteiger partial charge in [0.15, 0.2) is 37.9 Å². The lowest BCUT2D eigenvalue weighted by molar-refractivity contribution is -0.688. The molecule has 4 heterocycles. The van der Waals surface area contributed by atoms with E-state index in [0.717, 1.165) is 11.1 Å². The summed E-state index contributed by atoms with van der Waals surface area (Å²) in [5.74, 6) is -1.00. The van der Waals surface area contributed by atoms with E-state index in [-0.39, 0.29) is 34.8 Å². The van der Waals surface area contributed by atoms with E-state index in [4.69, 9.17) is 0 Å². The molecule has 0 atom stereocenters. The van der Waals surface area contributed by atoms with E-state index < -0.39 is 11.9 Å². The van der Waals surface area contributed by atoms with Crippen molar-refractivity contribution in [2.45, 2.75) is 36.8 Å². The van der Waals surface area contributed by atoms with Crippen molar-refractivity contribution < 1.29 is 28.9 Å². The molecule has 8 nitrogen and oxygen atoms in total. The Hall–Kier alpha value is -6.02. The van der Waals surface area contributed by atoms with Crippen LogP contribution in [0.25, 0.3) is 0 Å². The fourth-order valence-electron chi connectivity index (χ4n) is 7.10. The smallest absolute Gasteiger partial charge is 0.335 e. The summed E-state index contributed by atoms with van der Waals surface area (Å²) in [6.07, 6.45) is 15.9. The van der Waals surface area contributed by atoms with Crippen LogP contribution >= 0.6 is 0 Å². The normalized spacial score (nSPS) is 18.5. The Morgan fingerprint density at radius 1 is 0.458 bits per heavy atom. The average molecular weight is 635 g/mol. The maximum Gasteiger partial charge on any atom is 0.335 e. The molecule has 6 aromatic rings. The highest BCUT2D eigenvalue weighted by molar-refractivity contribution is 5.88. The van der Waals surface area contributed by atoms with Crippen LogP contribution in [0.15, 0.2) is 147 Å². The van der Waals surface area contributed by atoms with Crippen LogP contribution in [-0.4, -0.2) is 32.1 Å². The molecule has 0 radical (unpaired) electrons. The molecule has 0 unspecified atom stereocenters. The van der Waals surface area contributed by atoms with Gasteiger partial charge in [0.05, 0.1) is 11.1 Å². The van der Waals surface area contributed by atoms with Gasteiger partial charge < -0.3 is 10.2 Å². The van der Waals surface area contributed by atoms with E-state index in [1.165, 1.54) is 22.3 Å². The zero-order valence-electron chi connectivity index (χ0n) is 26.1. The van der Waals surface area contributed by atoms with Crippen molar-refractivity contribution in [1.82, 2.24) is 9.97 Å². The van der Waals surface area contributed by atoms with Gasteiger partial charge in [0.2, 0.25) is 0 Å². The molecule has 1 saturated carbocycles. The molecule has 1 aliphatic rings. The monoisotopic (exact) mass is 634 g/mol. The summed E-state index contributed by atoms with van der Waals surface area (Å²) in [6, 6.07) is 31.4. The molecule has 1 aliphatic carbocycles. The first-order valence-electron chi connectivity index (χ1n) is 15.9. The maximum absolute atomic E-state index is 11.3. The number of aromatic nitrogens is 4. The van der Waals surface area contributed by atoms with Crippen molar-refractivity contribution >= 4 is 11.9 Å². The Morgan fingerprint density at radius 2 is 0.750 bits per heavy atom. The lowest BCUT2D eigenvalue weighted by atomic mass is 9.49. The van der Waals surface area contributed by atoms with Crippen molar-refractivity contribution in [2.24, 2.45) is 0 Å². The van der Waals surface area contributed by atoms with Gasteiger partial charge in [-0.3, -0.25) is 9.97 Å². The first-order chi connectivity index (χ1) is 23.4. The van der Waals surface area contributed by atoms with Crippen LogP contribution in [0.2, 0.25) is 0 Å². The van der Waals surface area contributed by atoms with Crippen LogP contribution < -0.4 is 9.13 Å². The molecule has 8 heteroatoms. The molecular weight excluding hydrogens is 600 g/mol. The standard InChI is InChI=1S/C40H32N4O4/c45-39(46)33-5-1-27(2-6-33)25-43-21-13-31(14-22-43)37-35(29-9-17-41-18-10-29)38(36(37)30-11-19-42-20-12-30)32-15-23-44(24-16-32)26-28-3-7-34(8-4-28)40(47)48/h1-24,35-38H,25-26H2/p+2. The van der Waals surface area contributed by atoms with Gasteiger partial charge in [-0.25, -0.2) is 18.7 Å². The molecule has 2 N–H and O–H groups in total. The molecule has 2 aromatic carbocycles. The predicted molar refractivity (Wildman–Crippen MR) is 178 cm³/mol. The molecular formula is C40H34N4O4+2. The summed E-state index contributed by atoms with van der Waals surface area (Å²) in [4.78, 5) is 31.1. The predicted octanol–water partition coefficient (Wildman–Crippen LogP) is 5.99. The summed E-state index contributed by atoms with van der Waals surface area (Å²) in [7, 11) is 0. The van der Waals surface area contributed by atoms with Crippen molar-refractivity contribution in [3.8, 4) is 0 Å². The summed E-state index contributed by atoms with van der Waals surface area (Å²) in [6.45, 7) is 1.28. The second kappa shape index (κ2) is 13.4. The fourth-order valence-corrected chi connectivity index (χ4v) is 7.10. The second-order valence-electron chi connectivity index (χ2n) is 12.3. The Kier molecular flexibility index (Phi) is 8.53. The van der Waals surface area contributed by atoms with Gasteiger partial charge in [0.25, 0.3) is 0 Å². The van der Waals surface area contributed by atoms with Crippen LogP contribution in [0.4, 0.5) is 0 Å². The highest BCUT2D eigenvalue weighted by atomic mass is 16.4. The van der Waals surface area contributed by atoms with Crippen LogP contribution in [-0.2, 0) is 13.1 Å². The lowest BCUT2D eigenvalue weighted by Gasteiger charge is -2.53. The molecule has 4 aromatic heterocycles. The highest BCUT2D eigenvalue weighted by Gasteiger charge is 2.53. The van der Waals surface area contributed by atoms with Gasteiger partial charge in [-0.1, -0.05) is 24.3 Å². The van der Waals surface area contributed by atoms with Crippen LogP contribution in [0.1, 0.15) is 77.8 Å². The molecule has 0 aliphatic heterocycles. The van der Waals surface area contributed by atoms with Crippen LogP contribution in [0, 0.1) is 0 Å². The molecule has 7 rings (SSSR count). The Labute approximate surface area is 278 Å². The minimum atomic E-state index is -0.927. The lowest BCUT2D eigenvalue weighted by Crippen LogP contribution is -2.41. The second-order valence-corrected chi connectivity index (χ2v) is 12.3. The number of carboxylic acids is 2. The number of nitrogens with zero attached hydrogens (tertiary/aromatic N) is 4. The number of aromatic carboxylic acids is 2. The SMILES string of the molecule is O=C(O)c1ccc(C[n+]2ccc(C3C(c4ccncc4)C(c4cc[n+](Cc5ccc(C(=O)O)cc5)cc4)C3c3ccncc3)cc2)cc1. The zero-order valence-corrected chi connectivity index (χ0v) is 26.1. The van der Waals surface area contributed by atoms with Gasteiger partial charge >= 0.3 is 11.9 Å². The first-order valence-corrected chi connectivity index (χ1v) is 15.9. The van der Waals surface area contributed by atoms with E-state index >= 15 is 0 Å². The number of carboxylic acid groups (broad SMARTS) is 2. The Balaban J connectivity index is 1.19. The van der Waals surface area contributed by atoms with E-state index in [1.54, 1.807) is 24.3 Å². The highest BCUT2D eigenvalue weighted by Crippen LogP contribution is 2.66.